The van der Waals surface area contributed by atoms with Gasteiger partial charge in [-0.3, -0.25) is 4.79 Å². The Hall–Kier alpha value is -1.18. The standard InChI is InChI=1S/C8H8F4N2OS/c1-4-3-16-5(14-4)2-13-7(15)8(11,12)6(9)10/h3,6H,2H2,1H3,(H,13,15). The van der Waals surface area contributed by atoms with Gasteiger partial charge >= 0.3 is 12.3 Å². The SMILES string of the molecule is Cc1csc(CNC(=O)C(F)(F)C(F)F)n1. The van der Waals surface area contributed by atoms with Gasteiger partial charge in [-0.1, -0.05) is 0 Å². The number of amides is 1. The molecule has 1 aromatic heterocycles. The van der Waals surface area contributed by atoms with Gasteiger partial charge in [0.05, 0.1) is 6.54 Å². The van der Waals surface area contributed by atoms with Crippen LogP contribution < -0.4 is 5.32 Å². The molecule has 8 heteroatoms. The number of carbonyl (C=O) groups excluding carboxylic acids is 1. The van der Waals surface area contributed by atoms with Gasteiger partial charge in [0.2, 0.25) is 0 Å². The molecule has 0 spiro atoms. The lowest BCUT2D eigenvalue weighted by molar-refractivity contribution is -0.169. The van der Waals surface area contributed by atoms with Crippen LogP contribution in [0.15, 0.2) is 5.38 Å². The van der Waals surface area contributed by atoms with Crippen molar-refractivity contribution in [2.24, 2.45) is 0 Å². The molecule has 16 heavy (non-hydrogen) atoms. The Morgan fingerprint density at radius 1 is 1.62 bits per heavy atom. The number of thiazole rings is 1. The quantitative estimate of drug-likeness (QED) is 0.837. The molecule has 3 nitrogen and oxygen atoms in total. The molecule has 0 saturated carbocycles. The van der Waals surface area contributed by atoms with Gasteiger partial charge in [-0.2, -0.15) is 8.78 Å². The van der Waals surface area contributed by atoms with E-state index < -0.39 is 18.3 Å². The maximum Gasteiger partial charge on any atom is 0.383 e. The number of halogens is 4. The second kappa shape index (κ2) is 4.77. The zero-order valence-electron chi connectivity index (χ0n) is 8.14. The number of nitrogens with one attached hydrogen (secondary N) is 1. The molecule has 1 amide bonds. The molecule has 0 atom stereocenters. The number of hydrogen-bond donors (Lipinski definition) is 1. The topological polar surface area (TPSA) is 42.0 Å². The number of rotatable bonds is 4. The Morgan fingerprint density at radius 2 is 2.25 bits per heavy atom. The summed E-state index contributed by atoms with van der Waals surface area (Å²) in [6, 6.07) is 0. The summed E-state index contributed by atoms with van der Waals surface area (Å²) in [5.74, 6) is -6.65. The third-order valence-electron chi connectivity index (χ3n) is 1.64. The Kier molecular flexibility index (Phi) is 3.84. The van der Waals surface area contributed by atoms with Crippen LogP contribution in [0.25, 0.3) is 0 Å². The molecule has 0 fully saturated rings. The van der Waals surface area contributed by atoms with Gasteiger partial charge in [0.1, 0.15) is 5.01 Å². The fourth-order valence-electron chi connectivity index (χ4n) is 0.857. The van der Waals surface area contributed by atoms with E-state index in [0.29, 0.717) is 10.7 Å². The Bertz CT molecular complexity index is 380. The van der Waals surface area contributed by atoms with E-state index in [1.165, 1.54) is 0 Å². The predicted octanol–water partition coefficient (Wildman–Crippen LogP) is 1.97. The highest BCUT2D eigenvalue weighted by Gasteiger charge is 2.48. The Morgan fingerprint density at radius 3 is 2.69 bits per heavy atom. The average Bonchev–Trinajstić information content (AvgIpc) is 2.60. The summed E-state index contributed by atoms with van der Waals surface area (Å²) in [4.78, 5) is 14.6. The van der Waals surface area contributed by atoms with Crippen LogP contribution in [-0.4, -0.2) is 23.2 Å². The van der Waals surface area contributed by atoms with Crippen molar-refractivity contribution in [3.8, 4) is 0 Å². The summed E-state index contributed by atoms with van der Waals surface area (Å²) in [7, 11) is 0. The maximum absolute atomic E-state index is 12.5. The largest absolute Gasteiger partial charge is 0.383 e. The lowest BCUT2D eigenvalue weighted by atomic mass is 10.3. The van der Waals surface area contributed by atoms with Gasteiger partial charge in [0.25, 0.3) is 5.91 Å². The van der Waals surface area contributed by atoms with Crippen LogP contribution in [-0.2, 0) is 11.3 Å². The molecule has 1 rings (SSSR count). The minimum absolute atomic E-state index is 0.278. The second-order valence-corrected chi connectivity index (χ2v) is 3.93. The van der Waals surface area contributed by atoms with Crippen LogP contribution >= 0.6 is 11.3 Å². The number of aryl methyl sites for hydroxylation is 1. The summed E-state index contributed by atoms with van der Waals surface area (Å²) in [6.07, 6.45) is -4.01. The molecule has 0 aliphatic heterocycles. The van der Waals surface area contributed by atoms with Crippen molar-refractivity contribution < 1.29 is 22.4 Å². The summed E-state index contributed by atoms with van der Waals surface area (Å²) >= 11 is 1.15. The van der Waals surface area contributed by atoms with Crippen LogP contribution in [0.4, 0.5) is 17.6 Å². The number of aromatic nitrogens is 1. The molecule has 1 N–H and O–H groups in total. The molecule has 0 aliphatic rings. The maximum atomic E-state index is 12.5. The molecule has 90 valence electrons. The van der Waals surface area contributed by atoms with E-state index in [0.717, 1.165) is 11.3 Å². The van der Waals surface area contributed by atoms with Gasteiger partial charge in [-0.05, 0) is 6.92 Å². The average molecular weight is 256 g/mol. The van der Waals surface area contributed by atoms with Crippen molar-refractivity contribution in [2.75, 3.05) is 0 Å². The first-order chi connectivity index (χ1) is 7.34. The van der Waals surface area contributed by atoms with E-state index in [1.54, 1.807) is 17.6 Å². The third kappa shape index (κ3) is 2.91. The van der Waals surface area contributed by atoms with Crippen molar-refractivity contribution in [2.45, 2.75) is 25.8 Å². The molecule has 0 unspecified atom stereocenters. The Balaban J connectivity index is 2.53. The molecule has 1 aromatic rings. The summed E-state index contributed by atoms with van der Waals surface area (Å²) in [5, 5.41) is 3.76. The van der Waals surface area contributed by atoms with Crippen LogP contribution in [0.2, 0.25) is 0 Å². The molecule has 0 aliphatic carbocycles. The van der Waals surface area contributed by atoms with Gasteiger partial charge in [-0.25, -0.2) is 13.8 Å². The minimum atomic E-state index is -4.66. The highest BCUT2D eigenvalue weighted by molar-refractivity contribution is 7.09. The first-order valence-electron chi connectivity index (χ1n) is 4.19. The van der Waals surface area contributed by atoms with E-state index in [-0.39, 0.29) is 6.54 Å². The highest BCUT2D eigenvalue weighted by Crippen LogP contribution is 2.22. The second-order valence-electron chi connectivity index (χ2n) is 2.99. The fraction of sp³-hybridized carbons (Fsp3) is 0.500. The summed E-state index contributed by atoms with van der Waals surface area (Å²) in [6.45, 7) is 1.41. The van der Waals surface area contributed by atoms with E-state index in [1.807, 2.05) is 0 Å². The van der Waals surface area contributed by atoms with E-state index in [2.05, 4.69) is 4.98 Å². The molecular weight excluding hydrogens is 248 g/mol. The zero-order valence-corrected chi connectivity index (χ0v) is 8.95. The number of alkyl halides is 4. The van der Waals surface area contributed by atoms with Crippen molar-refractivity contribution in [1.29, 1.82) is 0 Å². The van der Waals surface area contributed by atoms with E-state index in [9.17, 15) is 22.4 Å². The lowest BCUT2D eigenvalue weighted by Crippen LogP contribution is -2.44. The molecule has 0 saturated heterocycles. The van der Waals surface area contributed by atoms with Crippen LogP contribution in [0.1, 0.15) is 10.7 Å². The zero-order chi connectivity index (χ0) is 12.3. The van der Waals surface area contributed by atoms with Gasteiger partial charge in [0.15, 0.2) is 0 Å². The fourth-order valence-corrected chi connectivity index (χ4v) is 1.57. The smallest absolute Gasteiger partial charge is 0.344 e. The van der Waals surface area contributed by atoms with Crippen LogP contribution in [0, 0.1) is 6.92 Å². The minimum Gasteiger partial charge on any atom is -0.344 e. The number of carbonyl (C=O) groups is 1. The normalized spacial score (nSPS) is 11.9. The van der Waals surface area contributed by atoms with Crippen LogP contribution in [0.5, 0.6) is 0 Å². The summed E-state index contributed by atoms with van der Waals surface area (Å²) in [5.41, 5.74) is 0.676. The van der Waals surface area contributed by atoms with Gasteiger partial charge < -0.3 is 5.32 Å². The molecule has 0 bridgehead atoms. The molecular formula is C8H8F4N2OS. The third-order valence-corrected chi connectivity index (χ3v) is 2.61. The molecule has 0 aromatic carbocycles. The summed E-state index contributed by atoms with van der Waals surface area (Å²) < 4.78 is 48.5. The predicted molar refractivity (Wildman–Crippen MR) is 49.6 cm³/mol. The lowest BCUT2D eigenvalue weighted by Gasteiger charge is -2.13. The Labute approximate surface area is 92.5 Å². The van der Waals surface area contributed by atoms with Crippen molar-refractivity contribution >= 4 is 17.2 Å². The first kappa shape index (κ1) is 12.9. The monoisotopic (exact) mass is 256 g/mol. The molecule has 0 radical (unpaired) electrons. The van der Waals surface area contributed by atoms with Gasteiger partial charge in [0, 0.05) is 11.1 Å². The van der Waals surface area contributed by atoms with E-state index in [4.69, 9.17) is 0 Å². The van der Waals surface area contributed by atoms with Gasteiger partial charge in [-0.15, -0.1) is 11.3 Å². The van der Waals surface area contributed by atoms with Crippen molar-refractivity contribution in [3.63, 3.8) is 0 Å². The van der Waals surface area contributed by atoms with Crippen LogP contribution in [0.3, 0.4) is 0 Å². The highest BCUT2D eigenvalue weighted by atomic mass is 32.1. The van der Waals surface area contributed by atoms with Crippen molar-refractivity contribution in [3.05, 3.63) is 16.1 Å². The molecule has 1 heterocycles. The van der Waals surface area contributed by atoms with Crippen molar-refractivity contribution in [1.82, 2.24) is 10.3 Å². The van der Waals surface area contributed by atoms with E-state index >= 15 is 0 Å². The first-order valence-corrected chi connectivity index (χ1v) is 5.07. The number of hydrogen-bond acceptors (Lipinski definition) is 3. The number of nitrogens with zero attached hydrogens (tertiary/aromatic N) is 1.